The lowest BCUT2D eigenvalue weighted by Crippen LogP contribution is -2.16. The zero-order chi connectivity index (χ0) is 11.2. The smallest absolute Gasteiger partial charge is 0.115 e. The first-order valence-corrected chi connectivity index (χ1v) is 6.33. The number of nitrogens with one attached hydrogen (secondary N) is 1. The maximum atomic E-state index is 9.31. The Balaban J connectivity index is 1.64. The van der Waals surface area contributed by atoms with Gasteiger partial charge in [0.1, 0.15) is 5.75 Å². The normalized spacial score (nSPS) is 16.8. The minimum Gasteiger partial charge on any atom is -0.508 e. The molecule has 0 amide bonds. The van der Waals surface area contributed by atoms with Crippen molar-refractivity contribution in [2.24, 2.45) is 5.92 Å². The summed E-state index contributed by atoms with van der Waals surface area (Å²) in [6.45, 7) is 1.96. The van der Waals surface area contributed by atoms with Crippen LogP contribution in [0.25, 0.3) is 0 Å². The highest BCUT2D eigenvalue weighted by Crippen LogP contribution is 2.26. The van der Waals surface area contributed by atoms with Gasteiger partial charge in [-0.25, -0.2) is 0 Å². The number of rotatable bonds is 5. The summed E-state index contributed by atoms with van der Waals surface area (Å²) in [6, 6.07) is 7.47. The number of phenolic OH excluding ortho intramolecular Hbond substituents is 1. The Bertz CT molecular complexity index is 318. The minimum atomic E-state index is 0.357. The molecule has 1 aliphatic rings. The molecular formula is C14H21NO. The zero-order valence-electron chi connectivity index (χ0n) is 9.78. The van der Waals surface area contributed by atoms with Gasteiger partial charge >= 0.3 is 0 Å². The van der Waals surface area contributed by atoms with Gasteiger partial charge in [0.2, 0.25) is 0 Å². The van der Waals surface area contributed by atoms with Crippen molar-refractivity contribution in [3.05, 3.63) is 29.8 Å². The van der Waals surface area contributed by atoms with Crippen LogP contribution in [0.15, 0.2) is 24.3 Å². The molecule has 0 bridgehead atoms. The van der Waals surface area contributed by atoms with Crippen LogP contribution in [-0.4, -0.2) is 11.7 Å². The highest BCUT2D eigenvalue weighted by Gasteiger charge is 2.13. The van der Waals surface area contributed by atoms with Gasteiger partial charge in [-0.15, -0.1) is 0 Å². The third-order valence-electron chi connectivity index (χ3n) is 3.44. The van der Waals surface area contributed by atoms with Gasteiger partial charge in [0.15, 0.2) is 0 Å². The van der Waals surface area contributed by atoms with Gasteiger partial charge in [-0.3, -0.25) is 0 Å². The largest absolute Gasteiger partial charge is 0.508 e. The maximum absolute atomic E-state index is 9.31. The van der Waals surface area contributed by atoms with Crippen LogP contribution in [0.4, 0.5) is 0 Å². The SMILES string of the molecule is Oc1cccc(CNCCC2CCCC2)c1. The molecule has 16 heavy (non-hydrogen) atoms. The summed E-state index contributed by atoms with van der Waals surface area (Å²) < 4.78 is 0. The van der Waals surface area contributed by atoms with Crippen molar-refractivity contribution in [3.8, 4) is 5.75 Å². The monoisotopic (exact) mass is 219 g/mol. The molecule has 0 aliphatic heterocycles. The Morgan fingerprint density at radius 1 is 1.25 bits per heavy atom. The van der Waals surface area contributed by atoms with Crippen molar-refractivity contribution >= 4 is 0 Å². The molecule has 1 fully saturated rings. The second-order valence-corrected chi connectivity index (χ2v) is 4.79. The summed E-state index contributed by atoms with van der Waals surface area (Å²) in [5.74, 6) is 1.31. The molecule has 88 valence electrons. The molecule has 0 unspecified atom stereocenters. The van der Waals surface area contributed by atoms with E-state index in [4.69, 9.17) is 0 Å². The van der Waals surface area contributed by atoms with E-state index in [-0.39, 0.29) is 0 Å². The molecule has 0 saturated heterocycles. The molecule has 0 spiro atoms. The highest BCUT2D eigenvalue weighted by molar-refractivity contribution is 5.26. The average Bonchev–Trinajstić information content (AvgIpc) is 2.77. The number of hydrogen-bond donors (Lipinski definition) is 2. The number of phenols is 1. The molecule has 2 nitrogen and oxygen atoms in total. The fraction of sp³-hybridized carbons (Fsp3) is 0.571. The molecule has 1 aromatic rings. The average molecular weight is 219 g/mol. The number of benzene rings is 1. The molecule has 1 saturated carbocycles. The van der Waals surface area contributed by atoms with Gasteiger partial charge in [-0.05, 0) is 36.6 Å². The van der Waals surface area contributed by atoms with Gasteiger partial charge in [-0.2, -0.15) is 0 Å². The Labute approximate surface area is 97.7 Å². The maximum Gasteiger partial charge on any atom is 0.115 e. The van der Waals surface area contributed by atoms with E-state index in [0.717, 1.165) is 24.6 Å². The molecule has 0 radical (unpaired) electrons. The van der Waals surface area contributed by atoms with Crippen molar-refractivity contribution in [1.82, 2.24) is 5.32 Å². The van der Waals surface area contributed by atoms with Crippen LogP contribution >= 0.6 is 0 Å². The predicted octanol–water partition coefficient (Wildman–Crippen LogP) is 3.06. The van der Waals surface area contributed by atoms with Gasteiger partial charge in [0.25, 0.3) is 0 Å². The summed E-state index contributed by atoms with van der Waals surface area (Å²) in [5, 5.41) is 12.8. The fourth-order valence-corrected chi connectivity index (χ4v) is 2.50. The fourth-order valence-electron chi connectivity index (χ4n) is 2.50. The molecule has 0 aromatic heterocycles. The first-order chi connectivity index (χ1) is 7.84. The van der Waals surface area contributed by atoms with Crippen LogP contribution in [0, 0.1) is 5.92 Å². The summed E-state index contributed by atoms with van der Waals surface area (Å²) in [6.07, 6.45) is 7.01. The topological polar surface area (TPSA) is 32.3 Å². The second-order valence-electron chi connectivity index (χ2n) is 4.79. The van der Waals surface area contributed by atoms with Crippen LogP contribution in [-0.2, 0) is 6.54 Å². The van der Waals surface area contributed by atoms with E-state index in [2.05, 4.69) is 5.32 Å². The molecule has 0 atom stereocenters. The summed E-state index contributed by atoms with van der Waals surface area (Å²) in [5.41, 5.74) is 1.16. The first kappa shape index (κ1) is 11.5. The van der Waals surface area contributed by atoms with E-state index in [1.165, 1.54) is 32.1 Å². The van der Waals surface area contributed by atoms with Gasteiger partial charge in [-0.1, -0.05) is 37.8 Å². The Kier molecular flexibility index (Phi) is 4.23. The second kappa shape index (κ2) is 5.90. The van der Waals surface area contributed by atoms with Crippen molar-refractivity contribution in [2.75, 3.05) is 6.54 Å². The molecule has 0 heterocycles. The quantitative estimate of drug-likeness (QED) is 0.746. The zero-order valence-corrected chi connectivity index (χ0v) is 9.78. The molecule has 2 rings (SSSR count). The van der Waals surface area contributed by atoms with E-state index in [1.807, 2.05) is 18.2 Å². The van der Waals surface area contributed by atoms with E-state index >= 15 is 0 Å². The van der Waals surface area contributed by atoms with E-state index < -0.39 is 0 Å². The first-order valence-electron chi connectivity index (χ1n) is 6.33. The van der Waals surface area contributed by atoms with Gasteiger partial charge in [0, 0.05) is 6.54 Å². The van der Waals surface area contributed by atoms with Crippen LogP contribution in [0.2, 0.25) is 0 Å². The third kappa shape index (κ3) is 3.53. The van der Waals surface area contributed by atoms with Gasteiger partial charge < -0.3 is 10.4 Å². The lowest BCUT2D eigenvalue weighted by molar-refractivity contribution is 0.469. The van der Waals surface area contributed by atoms with E-state index in [0.29, 0.717) is 5.75 Å². The van der Waals surface area contributed by atoms with Crippen molar-refractivity contribution < 1.29 is 5.11 Å². The molecule has 2 N–H and O–H groups in total. The number of aromatic hydroxyl groups is 1. The van der Waals surface area contributed by atoms with Crippen LogP contribution in [0.1, 0.15) is 37.7 Å². The van der Waals surface area contributed by atoms with Crippen molar-refractivity contribution in [2.45, 2.75) is 38.6 Å². The van der Waals surface area contributed by atoms with Crippen LogP contribution < -0.4 is 5.32 Å². The minimum absolute atomic E-state index is 0.357. The lowest BCUT2D eigenvalue weighted by atomic mass is 10.0. The summed E-state index contributed by atoms with van der Waals surface area (Å²) in [7, 11) is 0. The number of hydrogen-bond acceptors (Lipinski definition) is 2. The Hall–Kier alpha value is -1.02. The molecule has 1 aliphatic carbocycles. The molecule has 1 aromatic carbocycles. The van der Waals surface area contributed by atoms with Crippen molar-refractivity contribution in [1.29, 1.82) is 0 Å². The Morgan fingerprint density at radius 3 is 2.81 bits per heavy atom. The molecule has 2 heteroatoms. The van der Waals surface area contributed by atoms with E-state index in [9.17, 15) is 5.11 Å². The lowest BCUT2D eigenvalue weighted by Gasteiger charge is -2.09. The molecular weight excluding hydrogens is 198 g/mol. The van der Waals surface area contributed by atoms with Gasteiger partial charge in [0.05, 0.1) is 0 Å². The standard InChI is InChI=1S/C14H21NO/c16-14-7-3-6-13(10-14)11-15-9-8-12-4-1-2-5-12/h3,6-7,10,12,15-16H,1-2,4-5,8-9,11H2. The van der Waals surface area contributed by atoms with Crippen LogP contribution in [0.5, 0.6) is 5.75 Å². The van der Waals surface area contributed by atoms with Crippen molar-refractivity contribution in [3.63, 3.8) is 0 Å². The van der Waals surface area contributed by atoms with E-state index in [1.54, 1.807) is 6.07 Å². The highest BCUT2D eigenvalue weighted by atomic mass is 16.3. The third-order valence-corrected chi connectivity index (χ3v) is 3.44. The predicted molar refractivity (Wildman–Crippen MR) is 66.4 cm³/mol. The summed E-state index contributed by atoms with van der Waals surface area (Å²) in [4.78, 5) is 0. The Morgan fingerprint density at radius 2 is 2.06 bits per heavy atom. The van der Waals surface area contributed by atoms with Crippen LogP contribution in [0.3, 0.4) is 0 Å². The summed E-state index contributed by atoms with van der Waals surface area (Å²) >= 11 is 0.